The summed E-state index contributed by atoms with van der Waals surface area (Å²) in [5, 5.41) is 12.7. The first-order valence-corrected chi connectivity index (χ1v) is 31.7. The van der Waals surface area contributed by atoms with Gasteiger partial charge in [-0.25, -0.2) is 0 Å². The van der Waals surface area contributed by atoms with Gasteiger partial charge in [0.1, 0.15) is 0 Å². The molecule has 0 saturated heterocycles. The molecule has 1 heterocycles. The molecule has 12 aromatic rings. The number of rotatable bonds is 11. The summed E-state index contributed by atoms with van der Waals surface area (Å²) < 4.78 is 0. The van der Waals surface area contributed by atoms with Crippen molar-refractivity contribution in [3.63, 3.8) is 0 Å². The van der Waals surface area contributed by atoms with Crippen molar-refractivity contribution in [1.29, 1.82) is 5.26 Å². The molecule has 1 aliphatic heterocycles. The van der Waals surface area contributed by atoms with Gasteiger partial charge in [0.15, 0.2) is 0 Å². The normalized spacial score (nSPS) is 11.1. The van der Waals surface area contributed by atoms with Crippen LogP contribution >= 0.6 is 31.9 Å². The Bertz CT molecular complexity index is 4070. The van der Waals surface area contributed by atoms with E-state index in [1.54, 1.807) is 6.07 Å². The quantitative estimate of drug-likeness (QED) is 0.126. The molecule has 6 N–H and O–H groups in total. The highest BCUT2D eigenvalue weighted by Gasteiger charge is 2.29. The zero-order valence-electron chi connectivity index (χ0n) is 50.6. The molecule has 0 amide bonds. The fourth-order valence-corrected chi connectivity index (χ4v) is 14.0. The molecule has 4 nitrogen and oxygen atoms in total. The molecule has 0 bridgehead atoms. The summed E-state index contributed by atoms with van der Waals surface area (Å²) >= 11 is 7.91. The third-order valence-corrected chi connectivity index (χ3v) is 17.9. The van der Waals surface area contributed by atoms with E-state index in [0.29, 0.717) is 0 Å². The molecule has 0 aliphatic carbocycles. The zero-order chi connectivity index (χ0) is 59.5. The van der Waals surface area contributed by atoms with Gasteiger partial charge >= 0.3 is 0 Å². The van der Waals surface area contributed by atoms with Gasteiger partial charge < -0.3 is 16.9 Å². The topological polar surface area (TPSA) is 102 Å². The van der Waals surface area contributed by atoms with Crippen LogP contribution in [0.2, 0.25) is 0 Å². The second-order valence-corrected chi connectivity index (χ2v) is 22.9. The number of nitriles is 1. The Labute approximate surface area is 537 Å². The van der Waals surface area contributed by atoms with Gasteiger partial charge in [0.2, 0.25) is 0 Å². The van der Waals surface area contributed by atoms with Crippen LogP contribution in [0.1, 0.15) is 51.4 Å². The largest absolute Gasteiger partial charge is 0.412 e. The monoisotopic (exact) mass is 1270 g/mol. The van der Waals surface area contributed by atoms with Gasteiger partial charge in [-0.05, 0) is 208 Å². The second-order valence-electron chi connectivity index (χ2n) is 21.8. The van der Waals surface area contributed by atoms with Crippen LogP contribution in [0.4, 0.5) is 0 Å². The van der Waals surface area contributed by atoms with E-state index in [-0.39, 0.29) is 11.6 Å². The van der Waals surface area contributed by atoms with Crippen molar-refractivity contribution < 1.29 is 5.48 Å². The number of benzene rings is 12. The van der Waals surface area contributed by atoms with E-state index in [1.165, 1.54) is 163 Å². The van der Waals surface area contributed by atoms with E-state index in [4.69, 9.17) is 5.26 Å². The number of hydrogen-bond donors (Lipinski definition) is 2. The van der Waals surface area contributed by atoms with Gasteiger partial charge in [0.25, 0.3) is 0 Å². The highest BCUT2D eigenvalue weighted by molar-refractivity contribution is 9.08. The highest BCUT2D eigenvalue weighted by Crippen LogP contribution is 2.51. The molecule has 88 heavy (non-hydrogen) atoms. The van der Waals surface area contributed by atoms with Crippen molar-refractivity contribution in [3.05, 3.63) is 311 Å². The van der Waals surface area contributed by atoms with Crippen molar-refractivity contribution in [2.75, 3.05) is 0 Å². The van der Waals surface area contributed by atoms with E-state index in [2.05, 4.69) is 332 Å². The van der Waals surface area contributed by atoms with Crippen molar-refractivity contribution >= 4 is 31.9 Å². The smallest absolute Gasteiger partial charge is 0.0587 e. The highest BCUT2D eigenvalue weighted by atomic mass is 79.9. The van der Waals surface area contributed by atoms with Crippen LogP contribution < -0.4 is 11.5 Å². The molecule has 436 valence electrons. The summed E-state index contributed by atoms with van der Waals surface area (Å²) in [6.45, 7) is 12.3. The number of nitrogens with one attached hydrogen (secondary N) is 1. The molecule has 0 radical (unpaired) electrons. The zero-order valence-corrected chi connectivity index (χ0v) is 53.8. The molecule has 0 aromatic heterocycles. The third-order valence-electron chi connectivity index (χ3n) is 16.8. The van der Waals surface area contributed by atoms with Crippen molar-refractivity contribution in [1.82, 2.24) is 11.5 Å². The van der Waals surface area contributed by atoms with E-state index in [0.717, 1.165) is 23.7 Å². The fraction of sp³-hybridized carbons (Fsp3) is 0.110. The average molecular weight is 1280 g/mol. The first kappa shape index (κ1) is 63.5. The van der Waals surface area contributed by atoms with Crippen LogP contribution in [0, 0.1) is 39.0 Å². The van der Waals surface area contributed by atoms with E-state index >= 15 is 0 Å². The van der Waals surface area contributed by atoms with Gasteiger partial charge in [-0.3, -0.25) is 0 Å². The SMILES string of the molecule is CC#N.Cc1c(-c2ccccc2)cc(-c2ccccc2)c(CBr)c1-c1c(C)c(-c2ccccc2)cc(-c2ccccc2)c1CBr.Cc1c(-c2ccccc2)cc(-c2ccccc2)c2c1-c1c(C)c(-c3ccccc3)cc(-c3ccccc3)c1CNC2.N.O. The van der Waals surface area contributed by atoms with Crippen LogP contribution in [0.15, 0.2) is 267 Å². The minimum Gasteiger partial charge on any atom is -0.412 e. The fourth-order valence-electron chi connectivity index (χ4n) is 12.8. The molecular weight excluding hydrogens is 1200 g/mol. The lowest BCUT2D eigenvalue weighted by Gasteiger charge is -2.26. The summed E-state index contributed by atoms with van der Waals surface area (Å²) in [4.78, 5) is 0. The Kier molecular flexibility index (Phi) is 21.3. The van der Waals surface area contributed by atoms with Gasteiger partial charge in [-0.1, -0.05) is 275 Å². The lowest BCUT2D eigenvalue weighted by Crippen LogP contribution is -2.12. The molecule has 6 heteroatoms. The lowest BCUT2D eigenvalue weighted by molar-refractivity contribution is 0.705. The maximum absolute atomic E-state index is 7.32. The molecule has 13 rings (SSSR count). The maximum atomic E-state index is 7.32. The summed E-state index contributed by atoms with van der Waals surface area (Å²) in [6, 6.07) is 98.1. The molecule has 0 saturated carbocycles. The number of fused-ring (bicyclic) bond motifs is 3. The Hall–Kier alpha value is -9.03. The average Bonchev–Trinajstić information content (AvgIpc) is 3.73. The Balaban J connectivity index is 0.000000196. The Morgan fingerprint density at radius 2 is 0.500 bits per heavy atom. The first-order valence-electron chi connectivity index (χ1n) is 29.5. The molecule has 0 spiro atoms. The van der Waals surface area contributed by atoms with E-state index in [1.807, 2.05) is 0 Å². The van der Waals surface area contributed by atoms with Gasteiger partial charge in [-0.2, -0.15) is 5.26 Å². The van der Waals surface area contributed by atoms with Crippen molar-refractivity contribution in [3.8, 4) is 117 Å². The Morgan fingerprint density at radius 1 is 0.318 bits per heavy atom. The third kappa shape index (κ3) is 13.0. The number of hydrogen-bond acceptors (Lipinski definition) is 3. The first-order chi connectivity index (χ1) is 42.2. The molecule has 0 unspecified atom stereocenters. The van der Waals surface area contributed by atoms with E-state index < -0.39 is 0 Å². The number of alkyl halides is 2. The van der Waals surface area contributed by atoms with Gasteiger partial charge in [-0.15, -0.1) is 0 Å². The van der Waals surface area contributed by atoms with Crippen molar-refractivity contribution in [2.24, 2.45) is 0 Å². The predicted octanol–water partition coefficient (Wildman–Crippen LogP) is 22.5. The van der Waals surface area contributed by atoms with E-state index in [9.17, 15) is 0 Å². The minimum absolute atomic E-state index is 0. The van der Waals surface area contributed by atoms with Crippen LogP contribution in [-0.4, -0.2) is 5.48 Å². The van der Waals surface area contributed by atoms with Crippen molar-refractivity contribution in [2.45, 2.75) is 58.4 Å². The maximum Gasteiger partial charge on any atom is 0.0587 e. The number of halogens is 2. The summed E-state index contributed by atoms with van der Waals surface area (Å²) in [7, 11) is 0. The van der Waals surface area contributed by atoms with Crippen LogP contribution in [-0.2, 0) is 23.7 Å². The van der Waals surface area contributed by atoms with Gasteiger partial charge in [0, 0.05) is 30.7 Å². The molecule has 1 aliphatic rings. The summed E-state index contributed by atoms with van der Waals surface area (Å²) in [5.41, 5.74) is 36.2. The van der Waals surface area contributed by atoms with Crippen LogP contribution in [0.3, 0.4) is 0 Å². The van der Waals surface area contributed by atoms with Crippen LogP contribution in [0.25, 0.3) is 111 Å². The standard InChI is InChI=1S/C40H32Br2.C40H33N.C2H3N.H3N.H2O/c1-27-33(29-15-7-3-8-16-29)23-35(31-19-11-5-12-20-31)37(25-41)39(27)40-28(2)34(30-17-9-4-10-18-30)24-36(38(40)26-42)32-21-13-6-14-22-32;1-27-33(29-15-7-3-8-16-29)23-35(31-19-11-5-12-20-31)37-25-41-26-38-36(32-21-13-6-14-22-32)24-34(28(2)40(38)39(27)37)30-17-9-4-10-18-30;1-2-3;;/h3-24H,25-26H2,1-2H3;3-24,41H,25-26H2,1-2H3;1H3;1H3;1H2. The predicted molar refractivity (Wildman–Crippen MR) is 382 cm³/mol. The number of nitrogens with zero attached hydrogens (tertiary/aromatic N) is 1. The summed E-state index contributed by atoms with van der Waals surface area (Å²) in [5.74, 6) is 0. The summed E-state index contributed by atoms with van der Waals surface area (Å²) in [6.07, 6.45) is 0. The second kappa shape index (κ2) is 29.6. The molecule has 0 atom stereocenters. The van der Waals surface area contributed by atoms with Crippen LogP contribution in [0.5, 0.6) is 0 Å². The Morgan fingerprint density at radius 3 is 0.716 bits per heavy atom. The van der Waals surface area contributed by atoms with Gasteiger partial charge in [0.05, 0.1) is 6.07 Å². The lowest BCUT2D eigenvalue weighted by atomic mass is 9.78. The molecule has 12 aromatic carbocycles. The molecular formula is C82H73Br2N3O. The molecule has 0 fully saturated rings. The minimum atomic E-state index is 0.